The van der Waals surface area contributed by atoms with Gasteiger partial charge < -0.3 is 5.11 Å². The van der Waals surface area contributed by atoms with E-state index in [1.165, 1.54) is 5.56 Å². The van der Waals surface area contributed by atoms with E-state index in [9.17, 15) is 5.11 Å². The molecule has 1 aliphatic heterocycles. The molecule has 1 saturated heterocycles. The fraction of sp³-hybridized carbons (Fsp3) is 0.400. The summed E-state index contributed by atoms with van der Waals surface area (Å²) in [5.74, 6) is 0.717. The number of fused-ring (bicyclic) bond motifs is 2. The van der Waals surface area contributed by atoms with Gasteiger partial charge in [-0.2, -0.15) is 0 Å². The monoisotopic (exact) mass is 293 g/mol. The first-order valence-electron chi connectivity index (χ1n) is 8.31. The summed E-state index contributed by atoms with van der Waals surface area (Å²) < 4.78 is 0. The number of hydrogen-bond acceptors (Lipinski definition) is 2. The van der Waals surface area contributed by atoms with Gasteiger partial charge in [0.1, 0.15) is 0 Å². The smallest absolute Gasteiger partial charge is 0.0976 e. The Hall–Kier alpha value is -1.64. The van der Waals surface area contributed by atoms with Crippen LogP contribution in [0.15, 0.2) is 60.7 Å². The molecule has 2 nitrogen and oxygen atoms in total. The molecule has 0 aromatic heterocycles. The molecule has 2 heteroatoms. The highest BCUT2D eigenvalue weighted by Crippen LogP contribution is 2.51. The van der Waals surface area contributed by atoms with Crippen LogP contribution in [0.25, 0.3) is 0 Å². The van der Waals surface area contributed by atoms with Crippen molar-refractivity contribution in [3.63, 3.8) is 0 Å². The average Bonchev–Trinajstić information content (AvgIpc) is 2.75. The van der Waals surface area contributed by atoms with Crippen molar-refractivity contribution in [3.05, 3.63) is 71.8 Å². The molecule has 1 aliphatic carbocycles. The zero-order chi connectivity index (χ0) is 15.0. The maximum Gasteiger partial charge on any atom is 0.0976 e. The lowest BCUT2D eigenvalue weighted by Crippen LogP contribution is -2.51. The Labute approximate surface area is 132 Å². The summed E-state index contributed by atoms with van der Waals surface area (Å²) >= 11 is 0. The average molecular weight is 293 g/mol. The normalized spacial score (nSPS) is 31.3. The van der Waals surface area contributed by atoms with Gasteiger partial charge in [0.15, 0.2) is 0 Å². The lowest BCUT2D eigenvalue weighted by atomic mass is 9.75. The van der Waals surface area contributed by atoms with Crippen LogP contribution in [-0.4, -0.2) is 23.1 Å². The van der Waals surface area contributed by atoms with Crippen molar-refractivity contribution in [1.82, 2.24) is 4.90 Å². The van der Waals surface area contributed by atoms with Gasteiger partial charge in [-0.15, -0.1) is 0 Å². The van der Waals surface area contributed by atoms with Crippen molar-refractivity contribution in [2.24, 2.45) is 11.8 Å². The minimum Gasteiger partial charge on any atom is -0.384 e. The molecule has 2 fully saturated rings. The van der Waals surface area contributed by atoms with E-state index in [1.54, 1.807) is 0 Å². The number of nitrogens with zero attached hydrogens (tertiary/aromatic N) is 1. The first-order valence-corrected chi connectivity index (χ1v) is 8.31. The molecular formula is C20H23NO. The summed E-state index contributed by atoms with van der Waals surface area (Å²) in [6, 6.07) is 21.0. The summed E-state index contributed by atoms with van der Waals surface area (Å²) in [5, 5.41) is 11.4. The van der Waals surface area contributed by atoms with Gasteiger partial charge in [-0.25, -0.2) is 0 Å². The molecule has 1 saturated carbocycles. The van der Waals surface area contributed by atoms with E-state index in [1.807, 2.05) is 18.2 Å². The van der Waals surface area contributed by atoms with Crippen LogP contribution in [0.4, 0.5) is 0 Å². The van der Waals surface area contributed by atoms with E-state index in [2.05, 4.69) is 47.4 Å². The second kappa shape index (κ2) is 5.53. The molecule has 4 rings (SSSR count). The first-order chi connectivity index (χ1) is 10.8. The highest BCUT2D eigenvalue weighted by Gasteiger charge is 2.53. The van der Waals surface area contributed by atoms with Crippen LogP contribution in [0.3, 0.4) is 0 Å². The van der Waals surface area contributed by atoms with Crippen LogP contribution in [-0.2, 0) is 12.1 Å². The third-order valence-electron chi connectivity index (χ3n) is 5.55. The standard InChI is InChI=1S/C20H23NO/c22-20(17-9-5-2-6-10-17)18-11-12-19(20)15-21(14-18)13-16-7-3-1-4-8-16/h1-10,18-19,22H,11-15H2/t18-,19+,20?. The van der Waals surface area contributed by atoms with Gasteiger partial charge >= 0.3 is 0 Å². The molecule has 114 valence electrons. The van der Waals surface area contributed by atoms with Gasteiger partial charge in [0.05, 0.1) is 5.60 Å². The van der Waals surface area contributed by atoms with Gasteiger partial charge in [0.25, 0.3) is 0 Å². The van der Waals surface area contributed by atoms with Crippen LogP contribution in [0.1, 0.15) is 24.0 Å². The molecule has 2 aromatic rings. The molecule has 2 aliphatic rings. The third kappa shape index (κ3) is 2.27. The minimum absolute atomic E-state index is 0.359. The molecule has 0 amide bonds. The number of hydrogen-bond donors (Lipinski definition) is 1. The largest absolute Gasteiger partial charge is 0.384 e. The Bertz CT molecular complexity index is 611. The summed E-state index contributed by atoms with van der Waals surface area (Å²) in [4.78, 5) is 2.52. The molecule has 1 N–H and O–H groups in total. The Morgan fingerprint density at radius 1 is 0.864 bits per heavy atom. The maximum atomic E-state index is 11.4. The van der Waals surface area contributed by atoms with Gasteiger partial charge in [0.2, 0.25) is 0 Å². The zero-order valence-corrected chi connectivity index (χ0v) is 12.9. The van der Waals surface area contributed by atoms with E-state index < -0.39 is 5.60 Å². The van der Waals surface area contributed by atoms with E-state index in [0.717, 1.165) is 38.0 Å². The first kappa shape index (κ1) is 14.0. The fourth-order valence-corrected chi connectivity index (χ4v) is 4.48. The maximum absolute atomic E-state index is 11.4. The van der Waals surface area contributed by atoms with Gasteiger partial charge in [-0.05, 0) is 24.0 Å². The van der Waals surface area contributed by atoms with Crippen LogP contribution in [0.2, 0.25) is 0 Å². The molecule has 22 heavy (non-hydrogen) atoms. The van der Waals surface area contributed by atoms with Crippen LogP contribution in [0.5, 0.6) is 0 Å². The molecule has 1 unspecified atom stereocenters. The van der Waals surface area contributed by atoms with E-state index >= 15 is 0 Å². The van der Waals surface area contributed by atoms with Gasteiger partial charge in [0, 0.05) is 31.5 Å². The summed E-state index contributed by atoms with van der Waals surface area (Å²) in [5.41, 5.74) is 1.86. The van der Waals surface area contributed by atoms with E-state index in [-0.39, 0.29) is 0 Å². The third-order valence-corrected chi connectivity index (χ3v) is 5.55. The number of benzene rings is 2. The summed E-state index contributed by atoms with van der Waals surface area (Å²) in [6.07, 6.45) is 2.28. The number of likely N-dealkylation sites (tertiary alicyclic amines) is 1. The Balaban J connectivity index is 1.55. The highest BCUT2D eigenvalue weighted by molar-refractivity contribution is 5.27. The minimum atomic E-state index is -0.617. The molecule has 0 spiro atoms. The fourth-order valence-electron chi connectivity index (χ4n) is 4.48. The Kier molecular flexibility index (Phi) is 3.51. The van der Waals surface area contributed by atoms with Crippen molar-refractivity contribution in [2.75, 3.05) is 13.1 Å². The molecule has 2 bridgehead atoms. The molecular weight excluding hydrogens is 270 g/mol. The zero-order valence-electron chi connectivity index (χ0n) is 12.9. The predicted octanol–water partition coefficient (Wildman–Crippen LogP) is 3.42. The second-order valence-corrected chi connectivity index (χ2v) is 6.84. The molecule has 1 heterocycles. The lowest BCUT2D eigenvalue weighted by Gasteiger charge is -2.45. The molecule has 2 aromatic carbocycles. The van der Waals surface area contributed by atoms with Gasteiger partial charge in [-0.3, -0.25) is 4.90 Å². The van der Waals surface area contributed by atoms with E-state index in [0.29, 0.717) is 11.8 Å². The molecule has 3 atom stereocenters. The van der Waals surface area contributed by atoms with Crippen molar-refractivity contribution in [1.29, 1.82) is 0 Å². The van der Waals surface area contributed by atoms with Crippen LogP contribution in [0, 0.1) is 11.8 Å². The van der Waals surface area contributed by atoms with Crippen LogP contribution >= 0.6 is 0 Å². The van der Waals surface area contributed by atoms with E-state index in [4.69, 9.17) is 0 Å². The van der Waals surface area contributed by atoms with Crippen LogP contribution < -0.4 is 0 Å². The van der Waals surface area contributed by atoms with Gasteiger partial charge in [-0.1, -0.05) is 60.7 Å². The number of piperidine rings is 1. The Morgan fingerprint density at radius 2 is 1.41 bits per heavy atom. The van der Waals surface area contributed by atoms with Crippen molar-refractivity contribution in [3.8, 4) is 0 Å². The quantitative estimate of drug-likeness (QED) is 0.937. The topological polar surface area (TPSA) is 23.5 Å². The highest BCUT2D eigenvalue weighted by atomic mass is 16.3. The van der Waals surface area contributed by atoms with Crippen molar-refractivity contribution >= 4 is 0 Å². The predicted molar refractivity (Wildman–Crippen MR) is 88.3 cm³/mol. The molecule has 0 radical (unpaired) electrons. The number of rotatable bonds is 3. The summed E-state index contributed by atoms with van der Waals surface area (Å²) in [6.45, 7) is 2.99. The number of aliphatic hydroxyl groups is 1. The lowest BCUT2D eigenvalue weighted by molar-refractivity contribution is -0.0914. The summed E-state index contributed by atoms with van der Waals surface area (Å²) in [7, 11) is 0. The SMILES string of the molecule is OC1(c2ccccc2)[C@@H]2CC[C@H]1CN(Cc1ccccc1)C2. The Morgan fingerprint density at radius 3 is 2.00 bits per heavy atom. The van der Waals surface area contributed by atoms with Crippen molar-refractivity contribution < 1.29 is 5.11 Å². The van der Waals surface area contributed by atoms with Crippen molar-refractivity contribution in [2.45, 2.75) is 25.0 Å². The second-order valence-electron chi connectivity index (χ2n) is 6.84.